The average molecular weight is 829 g/mol. The number of alkyl halides is 2. The summed E-state index contributed by atoms with van der Waals surface area (Å²) in [6, 6.07) is 30.6. The van der Waals surface area contributed by atoms with Crippen molar-refractivity contribution < 1.29 is 38.4 Å². The Bertz CT molecular complexity index is 1730. The fraction of sp³-hybridized carbons (Fsp3) is 0.308. The van der Waals surface area contributed by atoms with Gasteiger partial charge in [0.25, 0.3) is 0 Å². The molecule has 0 fully saturated rings. The first-order valence-corrected chi connectivity index (χ1v) is 18.3. The van der Waals surface area contributed by atoms with Gasteiger partial charge in [-0.15, -0.1) is 0 Å². The normalized spacial score (nSPS) is 13.5. The van der Waals surface area contributed by atoms with Gasteiger partial charge < -0.3 is 29.8 Å². The minimum atomic E-state index is -0.658. The van der Waals surface area contributed by atoms with E-state index in [1.165, 1.54) is 19.1 Å². The van der Waals surface area contributed by atoms with Crippen LogP contribution in [-0.4, -0.2) is 66.8 Å². The van der Waals surface area contributed by atoms with E-state index >= 15 is 0 Å². The number of carbonyl (C=O) groups is 3. The van der Waals surface area contributed by atoms with E-state index in [-0.39, 0.29) is 30.8 Å². The van der Waals surface area contributed by atoms with Crippen molar-refractivity contribution in [3.8, 4) is 33.8 Å². The fourth-order valence-electron chi connectivity index (χ4n) is 4.71. The van der Waals surface area contributed by atoms with E-state index < -0.39 is 23.6 Å². The van der Waals surface area contributed by atoms with Crippen molar-refractivity contribution in [2.24, 2.45) is 11.8 Å². The second-order valence-corrected chi connectivity index (χ2v) is 13.6. The summed E-state index contributed by atoms with van der Waals surface area (Å²) in [7, 11) is 2.71. The van der Waals surface area contributed by atoms with Crippen LogP contribution in [0.3, 0.4) is 0 Å². The molecule has 10 nitrogen and oxygen atoms in total. The predicted octanol–water partition coefficient (Wildman–Crippen LogP) is 8.48. The average Bonchev–Trinajstić information content (AvgIpc) is 3.33. The molecule has 1 heterocycles. The van der Waals surface area contributed by atoms with Gasteiger partial charge in [0.2, 0.25) is 0 Å². The molecule has 0 saturated carbocycles. The highest BCUT2D eigenvalue weighted by Gasteiger charge is 2.34. The number of phenolic OH excluding ortho intramolecular Hbond substituents is 1. The van der Waals surface area contributed by atoms with Gasteiger partial charge in [-0.3, -0.25) is 14.5 Å². The van der Waals surface area contributed by atoms with E-state index in [4.69, 9.17) is 19.9 Å². The van der Waals surface area contributed by atoms with Gasteiger partial charge in [0, 0.05) is 17.2 Å². The predicted molar refractivity (Wildman–Crippen MR) is 208 cm³/mol. The highest BCUT2D eigenvalue weighted by Crippen LogP contribution is 2.37. The van der Waals surface area contributed by atoms with Gasteiger partial charge in [-0.1, -0.05) is 105 Å². The molecule has 12 heteroatoms. The van der Waals surface area contributed by atoms with E-state index in [2.05, 4.69) is 36.6 Å². The molecule has 0 aromatic heterocycles. The molecule has 0 bridgehead atoms. The van der Waals surface area contributed by atoms with E-state index in [0.29, 0.717) is 27.8 Å². The van der Waals surface area contributed by atoms with Crippen LogP contribution in [0, 0.1) is 11.8 Å². The molecule has 1 unspecified atom stereocenters. The molecular formula is C39H44Br2N2O8. The second kappa shape index (κ2) is 19.7. The maximum atomic E-state index is 12.8. The first-order chi connectivity index (χ1) is 24.3. The van der Waals surface area contributed by atoms with Crippen LogP contribution in [-0.2, 0) is 23.8 Å². The standard InChI is InChI=1S/C22H25NO5.C12H11NO.C5H8Br2O2/c1-22(2,3)28-21(25)23-13-17(20(24)26-4)14-27-19-12-16(10-11-18(19)23)15-8-6-5-7-9-15;13-11-7-6-10(8-12(11)14)9-4-2-1-3-5-9;1-9-5(8)4(2-6)3-7/h5-12,17H,13-14H2,1-4H3;1-8,14H,13H2;4H,2-3H2,1H3. The second-order valence-electron chi connectivity index (χ2n) is 12.3. The Balaban J connectivity index is 0.000000252. The number of nitrogens with zero attached hydrogens (tertiary/aromatic N) is 1. The zero-order valence-electron chi connectivity index (χ0n) is 29.3. The summed E-state index contributed by atoms with van der Waals surface area (Å²) >= 11 is 6.37. The Morgan fingerprint density at radius 3 is 1.86 bits per heavy atom. The van der Waals surface area contributed by atoms with Crippen LogP contribution >= 0.6 is 31.9 Å². The molecular weight excluding hydrogens is 784 g/mol. The molecule has 0 aliphatic carbocycles. The van der Waals surface area contributed by atoms with E-state index in [1.54, 1.807) is 32.9 Å². The quantitative estimate of drug-likeness (QED) is 0.0645. The molecule has 0 saturated heterocycles. The van der Waals surface area contributed by atoms with Crippen molar-refractivity contribution >= 4 is 61.3 Å². The number of nitrogen functional groups attached to an aromatic ring is 1. The first-order valence-electron chi connectivity index (χ1n) is 16.1. The van der Waals surface area contributed by atoms with Crippen LogP contribution < -0.4 is 15.4 Å². The molecule has 0 radical (unpaired) electrons. The zero-order chi connectivity index (χ0) is 37.6. The summed E-state index contributed by atoms with van der Waals surface area (Å²) in [4.78, 5) is 37.1. The molecule has 51 heavy (non-hydrogen) atoms. The number of aromatic hydroxyl groups is 1. The van der Waals surface area contributed by atoms with Crippen LogP contribution in [0.15, 0.2) is 97.1 Å². The molecule has 1 aliphatic heterocycles. The third-order valence-corrected chi connectivity index (χ3v) is 8.96. The largest absolute Gasteiger partial charge is 0.506 e. The maximum Gasteiger partial charge on any atom is 0.414 e. The number of benzene rings is 4. The van der Waals surface area contributed by atoms with E-state index in [0.717, 1.165) is 22.3 Å². The lowest BCUT2D eigenvalue weighted by atomic mass is 10.0. The number of hydrogen-bond acceptors (Lipinski definition) is 9. The molecule has 5 rings (SSSR count). The van der Waals surface area contributed by atoms with Crippen LogP contribution in [0.4, 0.5) is 16.2 Å². The van der Waals surface area contributed by atoms with Crippen LogP contribution in [0.1, 0.15) is 20.8 Å². The Hall–Kier alpha value is -4.55. The van der Waals surface area contributed by atoms with E-state index in [1.807, 2.05) is 84.9 Å². The molecule has 4 aromatic carbocycles. The van der Waals surface area contributed by atoms with Gasteiger partial charge in [0.05, 0.1) is 31.5 Å². The Morgan fingerprint density at radius 1 is 0.843 bits per heavy atom. The number of amides is 1. The molecule has 1 amide bonds. The summed E-state index contributed by atoms with van der Waals surface area (Å²) in [5.41, 5.74) is 9.87. The molecule has 1 aliphatic rings. The summed E-state index contributed by atoms with van der Waals surface area (Å²) in [5.74, 6) is -0.613. The Labute approximate surface area is 316 Å². The third-order valence-electron chi connectivity index (χ3n) is 7.39. The fourth-order valence-corrected chi connectivity index (χ4v) is 6.31. The third kappa shape index (κ3) is 12.3. The van der Waals surface area contributed by atoms with Crippen molar-refractivity contribution in [2.75, 3.05) is 48.7 Å². The molecule has 3 N–H and O–H groups in total. The van der Waals surface area contributed by atoms with Crippen LogP contribution in [0.2, 0.25) is 0 Å². The lowest BCUT2D eigenvalue weighted by Gasteiger charge is -2.28. The molecule has 0 spiro atoms. The van der Waals surface area contributed by atoms with Crippen LogP contribution in [0.25, 0.3) is 22.3 Å². The molecule has 272 valence electrons. The maximum absolute atomic E-state index is 12.8. The van der Waals surface area contributed by atoms with Gasteiger partial charge in [-0.2, -0.15) is 0 Å². The number of phenols is 1. The number of rotatable bonds is 6. The van der Waals surface area contributed by atoms with E-state index in [9.17, 15) is 19.5 Å². The number of nitrogens with two attached hydrogens (primary N) is 1. The first kappa shape index (κ1) is 40.9. The van der Waals surface area contributed by atoms with Gasteiger partial charge >= 0.3 is 18.0 Å². The summed E-state index contributed by atoms with van der Waals surface area (Å²) < 4.78 is 20.8. The van der Waals surface area contributed by atoms with Gasteiger partial charge in [0.1, 0.15) is 29.6 Å². The van der Waals surface area contributed by atoms with Crippen molar-refractivity contribution in [3.05, 3.63) is 97.1 Å². The SMILES string of the molecule is COC(=O)C(CBr)CBr.COC(=O)C1COc2cc(-c3ccccc3)ccc2N(C(=O)OC(C)(C)C)C1.Nc1ccc(-c2ccccc2)cc1O. The van der Waals surface area contributed by atoms with Gasteiger partial charge in [0.15, 0.2) is 0 Å². The Morgan fingerprint density at radius 2 is 1.39 bits per heavy atom. The number of halogens is 2. The minimum absolute atomic E-state index is 0.0602. The van der Waals surface area contributed by atoms with Crippen molar-refractivity contribution in [1.29, 1.82) is 0 Å². The number of hydrogen-bond donors (Lipinski definition) is 2. The summed E-state index contributed by atoms with van der Waals surface area (Å²) in [6.07, 6.45) is -0.527. The number of esters is 2. The highest BCUT2D eigenvalue weighted by molar-refractivity contribution is 9.09. The lowest BCUT2D eigenvalue weighted by molar-refractivity contribution is -0.146. The van der Waals surface area contributed by atoms with Crippen LogP contribution in [0.5, 0.6) is 11.5 Å². The summed E-state index contributed by atoms with van der Waals surface area (Å²) in [6.45, 7) is 5.65. The zero-order valence-corrected chi connectivity index (χ0v) is 32.5. The van der Waals surface area contributed by atoms with Crippen molar-refractivity contribution in [1.82, 2.24) is 0 Å². The lowest BCUT2D eigenvalue weighted by Crippen LogP contribution is -2.41. The number of fused-ring (bicyclic) bond motifs is 1. The van der Waals surface area contributed by atoms with Crippen molar-refractivity contribution in [3.63, 3.8) is 0 Å². The topological polar surface area (TPSA) is 138 Å². The highest BCUT2D eigenvalue weighted by atomic mass is 79.9. The monoisotopic (exact) mass is 826 g/mol. The molecule has 4 aromatic rings. The van der Waals surface area contributed by atoms with Gasteiger partial charge in [-0.05, 0) is 67.3 Å². The summed E-state index contributed by atoms with van der Waals surface area (Å²) in [5, 5.41) is 10.7. The Kier molecular flexibility index (Phi) is 15.8. The minimum Gasteiger partial charge on any atom is -0.506 e. The van der Waals surface area contributed by atoms with Crippen molar-refractivity contribution in [2.45, 2.75) is 26.4 Å². The number of ether oxygens (including phenoxy) is 4. The smallest absolute Gasteiger partial charge is 0.414 e. The van der Waals surface area contributed by atoms with Gasteiger partial charge in [-0.25, -0.2) is 4.79 Å². The molecule has 1 atom stereocenters. The number of carbonyl (C=O) groups excluding carboxylic acids is 3. The number of methoxy groups -OCH3 is 2. The number of anilines is 2.